The Morgan fingerprint density at radius 1 is 1.30 bits per heavy atom. The molecule has 10 heteroatoms. The Labute approximate surface area is 193 Å². The van der Waals surface area contributed by atoms with E-state index in [9.17, 15) is 9.59 Å². The summed E-state index contributed by atoms with van der Waals surface area (Å²) in [4.78, 5) is 37.9. The molecule has 1 aromatic carbocycles. The third-order valence-corrected chi connectivity index (χ3v) is 6.23. The molecule has 0 saturated heterocycles. The van der Waals surface area contributed by atoms with Crippen LogP contribution in [0, 0.1) is 0 Å². The smallest absolute Gasteiger partial charge is 0.251 e. The van der Waals surface area contributed by atoms with Crippen molar-refractivity contribution in [3.05, 3.63) is 30.0 Å². The first-order chi connectivity index (χ1) is 16.0. The number of nitrogens with zero attached hydrogens (tertiary/aromatic N) is 4. The Morgan fingerprint density at radius 3 is 2.82 bits per heavy atom. The second kappa shape index (κ2) is 10.0. The van der Waals surface area contributed by atoms with E-state index < -0.39 is 0 Å². The van der Waals surface area contributed by atoms with Crippen LogP contribution in [-0.2, 0) is 4.79 Å². The molecule has 2 aromatic rings. The first-order valence-corrected chi connectivity index (χ1v) is 11.4. The number of hydrogen-bond donors (Lipinski definition) is 3. The molecule has 4 N–H and O–H groups in total. The Kier molecular flexibility index (Phi) is 6.93. The molecule has 1 fully saturated rings. The summed E-state index contributed by atoms with van der Waals surface area (Å²) in [6.07, 6.45) is 6.74. The Morgan fingerprint density at radius 2 is 2.09 bits per heavy atom. The van der Waals surface area contributed by atoms with Gasteiger partial charge in [0.05, 0.1) is 19.0 Å². The van der Waals surface area contributed by atoms with E-state index in [1.807, 2.05) is 0 Å². The molecule has 4 rings (SSSR count). The molecule has 176 valence electrons. The van der Waals surface area contributed by atoms with Gasteiger partial charge >= 0.3 is 0 Å². The van der Waals surface area contributed by atoms with Gasteiger partial charge in [-0.05, 0) is 31.0 Å². The molecule has 33 heavy (non-hydrogen) atoms. The molecule has 0 bridgehead atoms. The number of carbonyl (C=O) groups is 2. The number of amides is 2. The largest absolute Gasteiger partial charge is 0.495 e. The fraction of sp³-hybridized carbons (Fsp3) is 0.478. The van der Waals surface area contributed by atoms with Crippen LogP contribution in [-0.4, -0.2) is 61.6 Å². The maximum absolute atomic E-state index is 12.5. The van der Waals surface area contributed by atoms with Crippen molar-refractivity contribution < 1.29 is 14.3 Å². The lowest BCUT2D eigenvalue weighted by Crippen LogP contribution is -2.34. The SMILES string of the molecule is COc1cc(C(=O)NCCN)ccc1Nc1ncc2c(n1)N(C1CCCC1)CCC(=O)N2C. The molecule has 0 unspecified atom stereocenters. The number of benzene rings is 1. The van der Waals surface area contributed by atoms with Crippen molar-refractivity contribution in [1.29, 1.82) is 0 Å². The van der Waals surface area contributed by atoms with E-state index in [2.05, 4.69) is 20.5 Å². The number of ether oxygens (including phenoxy) is 1. The molecule has 2 heterocycles. The van der Waals surface area contributed by atoms with Gasteiger partial charge in [-0.2, -0.15) is 4.98 Å². The lowest BCUT2D eigenvalue weighted by Gasteiger charge is -2.30. The average molecular weight is 454 g/mol. The van der Waals surface area contributed by atoms with Crippen LogP contribution in [0.1, 0.15) is 42.5 Å². The van der Waals surface area contributed by atoms with Gasteiger partial charge in [0.15, 0.2) is 5.82 Å². The summed E-state index contributed by atoms with van der Waals surface area (Å²) >= 11 is 0. The van der Waals surface area contributed by atoms with Crippen molar-refractivity contribution in [1.82, 2.24) is 15.3 Å². The van der Waals surface area contributed by atoms with Crippen LogP contribution in [0.2, 0.25) is 0 Å². The van der Waals surface area contributed by atoms with E-state index in [0.29, 0.717) is 60.7 Å². The molecule has 0 spiro atoms. The highest BCUT2D eigenvalue weighted by molar-refractivity contribution is 5.97. The van der Waals surface area contributed by atoms with E-state index in [0.717, 1.165) is 18.7 Å². The van der Waals surface area contributed by atoms with Crippen molar-refractivity contribution in [2.24, 2.45) is 5.73 Å². The molecular formula is C23H31N7O3. The Bertz CT molecular complexity index is 1020. The maximum atomic E-state index is 12.5. The highest BCUT2D eigenvalue weighted by Gasteiger charge is 2.31. The van der Waals surface area contributed by atoms with Gasteiger partial charge in [-0.1, -0.05) is 12.8 Å². The van der Waals surface area contributed by atoms with E-state index in [1.165, 1.54) is 12.8 Å². The summed E-state index contributed by atoms with van der Waals surface area (Å²) in [7, 11) is 3.32. The monoisotopic (exact) mass is 453 g/mol. The van der Waals surface area contributed by atoms with Crippen LogP contribution in [0.4, 0.5) is 23.1 Å². The number of carbonyl (C=O) groups excluding carboxylic acids is 2. The highest BCUT2D eigenvalue weighted by Crippen LogP contribution is 2.36. The number of anilines is 4. The normalized spacial score (nSPS) is 16.4. The van der Waals surface area contributed by atoms with Gasteiger partial charge in [-0.25, -0.2) is 4.98 Å². The summed E-state index contributed by atoms with van der Waals surface area (Å²) in [5.41, 5.74) is 7.28. The first kappa shape index (κ1) is 22.8. The topological polar surface area (TPSA) is 126 Å². The van der Waals surface area contributed by atoms with Crippen LogP contribution in [0.3, 0.4) is 0 Å². The van der Waals surface area contributed by atoms with Gasteiger partial charge in [0, 0.05) is 44.7 Å². The molecule has 2 aliphatic rings. The minimum absolute atomic E-state index is 0.0613. The van der Waals surface area contributed by atoms with Crippen molar-refractivity contribution in [2.45, 2.75) is 38.1 Å². The van der Waals surface area contributed by atoms with Crippen LogP contribution >= 0.6 is 0 Å². The fourth-order valence-electron chi connectivity index (χ4n) is 4.41. The number of fused-ring (bicyclic) bond motifs is 1. The zero-order valence-corrected chi connectivity index (χ0v) is 19.1. The van der Waals surface area contributed by atoms with E-state index in [1.54, 1.807) is 43.5 Å². The third kappa shape index (κ3) is 4.85. The fourth-order valence-corrected chi connectivity index (χ4v) is 4.41. The zero-order valence-electron chi connectivity index (χ0n) is 19.1. The van der Waals surface area contributed by atoms with E-state index in [-0.39, 0.29) is 11.8 Å². The van der Waals surface area contributed by atoms with Gasteiger partial charge < -0.3 is 30.9 Å². The summed E-state index contributed by atoms with van der Waals surface area (Å²) in [6, 6.07) is 5.51. The van der Waals surface area contributed by atoms with E-state index in [4.69, 9.17) is 15.5 Å². The van der Waals surface area contributed by atoms with Crippen molar-refractivity contribution in [3.8, 4) is 5.75 Å². The minimum atomic E-state index is -0.216. The first-order valence-electron chi connectivity index (χ1n) is 11.4. The molecule has 2 amide bonds. The second-order valence-corrected chi connectivity index (χ2v) is 8.32. The zero-order chi connectivity index (χ0) is 23.4. The van der Waals surface area contributed by atoms with Gasteiger partial charge in [-0.15, -0.1) is 0 Å². The number of nitrogens with one attached hydrogen (secondary N) is 2. The number of aromatic nitrogens is 2. The molecule has 1 aliphatic heterocycles. The number of hydrogen-bond acceptors (Lipinski definition) is 8. The molecule has 1 aliphatic carbocycles. The van der Waals surface area contributed by atoms with Crippen molar-refractivity contribution in [3.63, 3.8) is 0 Å². The van der Waals surface area contributed by atoms with Crippen LogP contribution < -0.4 is 30.9 Å². The van der Waals surface area contributed by atoms with Crippen LogP contribution in [0.5, 0.6) is 5.75 Å². The third-order valence-electron chi connectivity index (χ3n) is 6.23. The predicted octanol–water partition coefficient (Wildman–Crippen LogP) is 2.03. The van der Waals surface area contributed by atoms with Crippen LogP contribution in [0.25, 0.3) is 0 Å². The lowest BCUT2D eigenvalue weighted by molar-refractivity contribution is -0.118. The summed E-state index contributed by atoms with van der Waals surface area (Å²) in [5.74, 6) is 1.51. The predicted molar refractivity (Wildman–Crippen MR) is 127 cm³/mol. The van der Waals surface area contributed by atoms with Crippen LogP contribution in [0.15, 0.2) is 24.4 Å². The Hall–Kier alpha value is -3.40. The summed E-state index contributed by atoms with van der Waals surface area (Å²) in [6.45, 7) is 1.42. The molecule has 0 atom stereocenters. The quantitative estimate of drug-likeness (QED) is 0.581. The molecule has 10 nitrogen and oxygen atoms in total. The summed E-state index contributed by atoms with van der Waals surface area (Å²) < 4.78 is 5.49. The van der Waals surface area contributed by atoms with Crippen molar-refractivity contribution >= 4 is 35.0 Å². The van der Waals surface area contributed by atoms with Gasteiger partial charge in [-0.3, -0.25) is 9.59 Å². The number of nitrogens with two attached hydrogens (primary N) is 1. The van der Waals surface area contributed by atoms with E-state index >= 15 is 0 Å². The molecular weight excluding hydrogens is 422 g/mol. The highest BCUT2D eigenvalue weighted by atomic mass is 16.5. The lowest BCUT2D eigenvalue weighted by atomic mass is 10.1. The van der Waals surface area contributed by atoms with Gasteiger partial charge in [0.1, 0.15) is 11.4 Å². The Balaban J connectivity index is 1.63. The minimum Gasteiger partial charge on any atom is -0.495 e. The molecule has 1 saturated carbocycles. The van der Waals surface area contributed by atoms with Crippen molar-refractivity contribution in [2.75, 3.05) is 48.9 Å². The van der Waals surface area contributed by atoms with Gasteiger partial charge in [0.25, 0.3) is 5.91 Å². The summed E-state index contributed by atoms with van der Waals surface area (Å²) in [5, 5.41) is 5.96. The molecule has 1 aromatic heterocycles. The standard InChI is InChI=1S/C23H31N7O3/c1-29-18-14-26-23(28-21(18)30(12-9-20(29)31)16-5-3-4-6-16)27-17-8-7-15(13-19(17)33-2)22(32)25-11-10-24/h7-8,13-14,16H,3-6,9-12,24H2,1-2H3,(H,25,32)(H,26,27,28). The number of methoxy groups -OCH3 is 1. The van der Waals surface area contributed by atoms with Gasteiger partial charge in [0.2, 0.25) is 11.9 Å². The number of rotatable bonds is 7. The molecule has 0 radical (unpaired) electrons. The maximum Gasteiger partial charge on any atom is 0.251 e. The average Bonchev–Trinajstić information content (AvgIpc) is 3.33. The second-order valence-electron chi connectivity index (χ2n) is 8.32.